The van der Waals surface area contributed by atoms with Gasteiger partial charge in [0.1, 0.15) is 5.75 Å². The molecule has 0 radical (unpaired) electrons. The molecule has 1 rings (SSSR count). The summed E-state index contributed by atoms with van der Waals surface area (Å²) < 4.78 is 5.76. The van der Waals surface area contributed by atoms with Gasteiger partial charge in [-0.2, -0.15) is 11.8 Å². The Hall–Kier alpha value is -1.40. The van der Waals surface area contributed by atoms with E-state index in [0.717, 1.165) is 44.4 Å². The number of aliphatic imine (C=N–C) groups is 1. The molecular weight excluding hydrogens is 332 g/mol. The zero-order chi connectivity index (χ0) is 18.3. The number of hydrogen-bond donors (Lipinski definition) is 2. The molecule has 0 unspecified atom stereocenters. The van der Waals surface area contributed by atoms with Crippen molar-refractivity contribution < 1.29 is 4.74 Å². The van der Waals surface area contributed by atoms with Gasteiger partial charge in [-0.15, -0.1) is 0 Å². The minimum atomic E-state index is 0.753. The highest BCUT2D eigenvalue weighted by Gasteiger charge is 2.00. The third-order valence-electron chi connectivity index (χ3n) is 3.69. The normalized spacial score (nSPS) is 11.6. The SMILES string of the molecule is CN=C(NCCCCSC)NCc1ccc(OCCCN(C)C)cc1. The molecule has 1 aromatic rings. The molecule has 0 bridgehead atoms. The van der Waals surface area contributed by atoms with Crippen LogP contribution in [0.4, 0.5) is 0 Å². The Morgan fingerprint density at radius 1 is 1.12 bits per heavy atom. The van der Waals surface area contributed by atoms with E-state index in [1.54, 1.807) is 0 Å². The van der Waals surface area contributed by atoms with Crippen LogP contribution in [0.3, 0.4) is 0 Å². The van der Waals surface area contributed by atoms with E-state index in [-0.39, 0.29) is 0 Å². The highest BCUT2D eigenvalue weighted by atomic mass is 32.2. The second-order valence-electron chi connectivity index (χ2n) is 6.20. The van der Waals surface area contributed by atoms with Crippen molar-refractivity contribution in [2.24, 2.45) is 4.99 Å². The summed E-state index contributed by atoms with van der Waals surface area (Å²) in [6.45, 7) is 3.51. The third-order valence-corrected chi connectivity index (χ3v) is 4.39. The molecule has 0 heterocycles. The van der Waals surface area contributed by atoms with Gasteiger partial charge in [-0.25, -0.2) is 0 Å². The van der Waals surface area contributed by atoms with Crippen molar-refractivity contribution in [3.8, 4) is 5.75 Å². The zero-order valence-electron chi connectivity index (χ0n) is 16.2. The Morgan fingerprint density at radius 2 is 1.88 bits per heavy atom. The average molecular weight is 367 g/mol. The van der Waals surface area contributed by atoms with E-state index in [0.29, 0.717) is 0 Å². The molecule has 0 aliphatic carbocycles. The summed E-state index contributed by atoms with van der Waals surface area (Å²) in [5, 5.41) is 6.70. The fraction of sp³-hybridized carbons (Fsp3) is 0.632. The summed E-state index contributed by atoms with van der Waals surface area (Å²) in [7, 11) is 5.96. The van der Waals surface area contributed by atoms with E-state index >= 15 is 0 Å². The minimum Gasteiger partial charge on any atom is -0.494 e. The number of nitrogens with zero attached hydrogens (tertiary/aromatic N) is 2. The largest absolute Gasteiger partial charge is 0.494 e. The highest BCUT2D eigenvalue weighted by Crippen LogP contribution is 2.12. The van der Waals surface area contributed by atoms with Crippen LogP contribution in [0.1, 0.15) is 24.8 Å². The van der Waals surface area contributed by atoms with Crippen molar-refractivity contribution in [2.45, 2.75) is 25.8 Å². The van der Waals surface area contributed by atoms with Crippen LogP contribution < -0.4 is 15.4 Å². The molecule has 0 fully saturated rings. The van der Waals surface area contributed by atoms with Crippen LogP contribution in [0.15, 0.2) is 29.3 Å². The maximum absolute atomic E-state index is 5.76. The number of rotatable bonds is 12. The average Bonchev–Trinajstić information content (AvgIpc) is 2.62. The fourth-order valence-corrected chi connectivity index (χ4v) is 2.75. The molecule has 1 aromatic carbocycles. The summed E-state index contributed by atoms with van der Waals surface area (Å²) in [6.07, 6.45) is 5.59. The topological polar surface area (TPSA) is 48.9 Å². The summed E-state index contributed by atoms with van der Waals surface area (Å²) in [4.78, 5) is 6.43. The van der Waals surface area contributed by atoms with Gasteiger partial charge in [0, 0.05) is 26.7 Å². The maximum atomic E-state index is 5.76. The molecule has 0 saturated carbocycles. The summed E-state index contributed by atoms with van der Waals surface area (Å²) >= 11 is 1.90. The standard InChI is InChI=1S/C19H34N4OS/c1-20-19(21-12-5-6-15-25-4)22-16-17-8-10-18(11-9-17)24-14-7-13-23(2)3/h8-11H,5-7,12-16H2,1-4H3,(H2,20,21,22). The molecule has 2 N–H and O–H groups in total. The van der Waals surface area contributed by atoms with E-state index < -0.39 is 0 Å². The van der Waals surface area contributed by atoms with Gasteiger partial charge in [0.2, 0.25) is 0 Å². The second-order valence-corrected chi connectivity index (χ2v) is 7.19. The van der Waals surface area contributed by atoms with Crippen LogP contribution in [0.25, 0.3) is 0 Å². The second kappa shape index (κ2) is 13.8. The van der Waals surface area contributed by atoms with Crippen molar-refractivity contribution in [1.29, 1.82) is 0 Å². The predicted octanol–water partition coefficient (Wildman–Crippen LogP) is 2.83. The number of thioether (sulfide) groups is 1. The van der Waals surface area contributed by atoms with Gasteiger partial charge < -0.3 is 20.3 Å². The predicted molar refractivity (Wildman–Crippen MR) is 111 cm³/mol. The van der Waals surface area contributed by atoms with E-state index in [4.69, 9.17) is 4.74 Å². The van der Waals surface area contributed by atoms with Crippen molar-refractivity contribution in [1.82, 2.24) is 15.5 Å². The smallest absolute Gasteiger partial charge is 0.191 e. The Balaban J connectivity index is 2.25. The molecule has 0 amide bonds. The Bertz CT molecular complexity index is 477. The molecule has 25 heavy (non-hydrogen) atoms. The monoisotopic (exact) mass is 366 g/mol. The Morgan fingerprint density at radius 3 is 2.52 bits per heavy atom. The van der Waals surface area contributed by atoms with Crippen LogP contribution in [0.2, 0.25) is 0 Å². The Labute approximate surface area is 157 Å². The van der Waals surface area contributed by atoms with Gasteiger partial charge >= 0.3 is 0 Å². The summed E-state index contributed by atoms with van der Waals surface area (Å²) in [6, 6.07) is 8.26. The Kier molecular flexibility index (Phi) is 12.0. The lowest BCUT2D eigenvalue weighted by atomic mass is 10.2. The highest BCUT2D eigenvalue weighted by molar-refractivity contribution is 7.98. The van der Waals surface area contributed by atoms with Crippen molar-refractivity contribution in [2.75, 3.05) is 52.8 Å². The number of unbranched alkanes of at least 4 members (excludes halogenated alkanes) is 1. The summed E-state index contributed by atoms with van der Waals surface area (Å²) in [5.74, 6) is 3.00. The lowest BCUT2D eigenvalue weighted by Gasteiger charge is -2.13. The fourth-order valence-electron chi connectivity index (χ4n) is 2.26. The first-order chi connectivity index (χ1) is 12.2. The van der Waals surface area contributed by atoms with Crippen LogP contribution >= 0.6 is 11.8 Å². The van der Waals surface area contributed by atoms with Gasteiger partial charge in [0.05, 0.1) is 6.61 Å². The molecule has 0 atom stereocenters. The van der Waals surface area contributed by atoms with Crippen molar-refractivity contribution >= 4 is 17.7 Å². The van der Waals surface area contributed by atoms with Crippen LogP contribution in [-0.2, 0) is 6.54 Å². The van der Waals surface area contributed by atoms with E-state index in [1.165, 1.54) is 24.2 Å². The van der Waals surface area contributed by atoms with Gasteiger partial charge in [0.15, 0.2) is 5.96 Å². The lowest BCUT2D eigenvalue weighted by Crippen LogP contribution is -2.37. The molecule has 0 spiro atoms. The van der Waals surface area contributed by atoms with E-state index in [2.05, 4.69) is 53.0 Å². The molecule has 0 aliphatic rings. The summed E-state index contributed by atoms with van der Waals surface area (Å²) in [5.41, 5.74) is 1.21. The number of guanidine groups is 1. The van der Waals surface area contributed by atoms with E-state index in [9.17, 15) is 0 Å². The van der Waals surface area contributed by atoms with Crippen LogP contribution in [0, 0.1) is 0 Å². The molecule has 0 aromatic heterocycles. The first-order valence-electron chi connectivity index (χ1n) is 8.95. The minimum absolute atomic E-state index is 0.753. The molecule has 142 valence electrons. The molecular formula is C19H34N4OS. The van der Waals surface area contributed by atoms with Crippen molar-refractivity contribution in [3.63, 3.8) is 0 Å². The maximum Gasteiger partial charge on any atom is 0.191 e. The number of ether oxygens (including phenoxy) is 1. The molecule has 5 nitrogen and oxygen atoms in total. The van der Waals surface area contributed by atoms with Gasteiger partial charge in [-0.1, -0.05) is 12.1 Å². The van der Waals surface area contributed by atoms with Crippen molar-refractivity contribution in [3.05, 3.63) is 29.8 Å². The molecule has 0 aliphatic heterocycles. The van der Waals surface area contributed by atoms with Gasteiger partial charge in [-0.3, -0.25) is 4.99 Å². The number of hydrogen-bond acceptors (Lipinski definition) is 4. The number of benzene rings is 1. The van der Waals surface area contributed by atoms with Crippen LogP contribution in [0.5, 0.6) is 5.75 Å². The lowest BCUT2D eigenvalue weighted by molar-refractivity contribution is 0.281. The van der Waals surface area contributed by atoms with Crippen LogP contribution in [-0.4, -0.2) is 63.7 Å². The first-order valence-corrected chi connectivity index (χ1v) is 10.3. The molecule has 0 saturated heterocycles. The van der Waals surface area contributed by atoms with Gasteiger partial charge in [-0.05, 0) is 63.1 Å². The van der Waals surface area contributed by atoms with Gasteiger partial charge in [0.25, 0.3) is 0 Å². The molecule has 6 heteroatoms. The van der Waals surface area contributed by atoms with E-state index in [1.807, 2.05) is 30.9 Å². The zero-order valence-corrected chi connectivity index (χ0v) is 17.0. The number of nitrogens with one attached hydrogen (secondary N) is 2. The first kappa shape index (κ1) is 21.6. The third kappa shape index (κ3) is 10.9. The quantitative estimate of drug-likeness (QED) is 0.338.